The Bertz CT molecular complexity index is 429. The number of benzene rings is 1. The van der Waals surface area contributed by atoms with E-state index in [1.54, 1.807) is 6.21 Å². The van der Waals surface area contributed by atoms with Crippen molar-refractivity contribution in [1.82, 2.24) is 0 Å². The van der Waals surface area contributed by atoms with Crippen molar-refractivity contribution >= 4 is 11.9 Å². The van der Waals surface area contributed by atoms with Crippen molar-refractivity contribution in [2.24, 2.45) is 4.99 Å². The van der Waals surface area contributed by atoms with Crippen molar-refractivity contribution in [3.63, 3.8) is 0 Å². The third-order valence-electron chi connectivity index (χ3n) is 2.15. The van der Waals surface area contributed by atoms with Crippen LogP contribution in [0, 0.1) is 15.9 Å². The normalized spacial score (nSPS) is 13.8. The number of rotatable bonds is 1. The molecule has 0 fully saturated rings. The number of hydrogen-bond donors (Lipinski definition) is 0. The highest BCUT2D eigenvalue weighted by Crippen LogP contribution is 2.23. The second kappa shape index (κ2) is 3.17. The molecule has 1 aliphatic heterocycles. The van der Waals surface area contributed by atoms with Crippen LogP contribution in [-0.2, 0) is 6.42 Å². The largest absolute Gasteiger partial charge is 0.305 e. The molecule has 1 aromatic rings. The van der Waals surface area contributed by atoms with Crippen LogP contribution in [0.25, 0.3) is 0 Å². The Morgan fingerprint density at radius 1 is 1.50 bits per heavy atom. The second-order valence-corrected chi connectivity index (χ2v) is 3.04. The fourth-order valence-corrected chi connectivity index (χ4v) is 1.44. The molecule has 5 heteroatoms. The summed E-state index contributed by atoms with van der Waals surface area (Å²) in [5, 5.41) is 10.4. The standard InChI is InChI=1S/C9H7FN2O2/c10-8-3-6-1-2-11-5-7(6)4-9(8)12(13)14/h3-5H,1-2H2. The second-order valence-electron chi connectivity index (χ2n) is 3.04. The molecule has 1 aromatic carbocycles. The minimum Gasteiger partial charge on any atom is -0.292 e. The van der Waals surface area contributed by atoms with Gasteiger partial charge in [0.05, 0.1) is 4.92 Å². The molecule has 0 aliphatic carbocycles. The first-order valence-corrected chi connectivity index (χ1v) is 4.15. The van der Waals surface area contributed by atoms with Crippen LogP contribution in [0.5, 0.6) is 0 Å². The molecule has 4 nitrogen and oxygen atoms in total. The van der Waals surface area contributed by atoms with Gasteiger partial charge in [-0.1, -0.05) is 0 Å². The summed E-state index contributed by atoms with van der Waals surface area (Å²) in [6.07, 6.45) is 2.19. The summed E-state index contributed by atoms with van der Waals surface area (Å²) in [4.78, 5) is 13.7. The fourth-order valence-electron chi connectivity index (χ4n) is 1.44. The van der Waals surface area contributed by atoms with Gasteiger partial charge in [0.1, 0.15) is 0 Å². The molecule has 1 heterocycles. The first-order chi connectivity index (χ1) is 6.68. The van der Waals surface area contributed by atoms with Crippen molar-refractivity contribution in [1.29, 1.82) is 0 Å². The van der Waals surface area contributed by atoms with Gasteiger partial charge in [0.15, 0.2) is 0 Å². The highest BCUT2D eigenvalue weighted by molar-refractivity contribution is 5.84. The van der Waals surface area contributed by atoms with Gasteiger partial charge in [0.25, 0.3) is 0 Å². The van der Waals surface area contributed by atoms with E-state index >= 15 is 0 Å². The van der Waals surface area contributed by atoms with Crippen LogP contribution in [0.3, 0.4) is 0 Å². The number of nitro benzene ring substituents is 1. The average molecular weight is 194 g/mol. The lowest BCUT2D eigenvalue weighted by Crippen LogP contribution is -2.05. The molecule has 0 saturated heterocycles. The van der Waals surface area contributed by atoms with Crippen molar-refractivity contribution in [2.45, 2.75) is 6.42 Å². The Kier molecular flexibility index (Phi) is 1.99. The van der Waals surface area contributed by atoms with Gasteiger partial charge in [-0.25, -0.2) is 0 Å². The molecule has 1 aliphatic rings. The van der Waals surface area contributed by atoms with Crippen LogP contribution >= 0.6 is 0 Å². The fraction of sp³-hybridized carbons (Fsp3) is 0.222. The van der Waals surface area contributed by atoms with E-state index in [-0.39, 0.29) is 0 Å². The van der Waals surface area contributed by atoms with Gasteiger partial charge >= 0.3 is 5.69 Å². The quantitative estimate of drug-likeness (QED) is 0.504. The van der Waals surface area contributed by atoms with E-state index in [0.29, 0.717) is 18.5 Å². The summed E-state index contributed by atoms with van der Waals surface area (Å²) in [6, 6.07) is 2.45. The van der Waals surface area contributed by atoms with Crippen LogP contribution in [0.15, 0.2) is 17.1 Å². The SMILES string of the molecule is O=[N+]([O-])c1cc2c(cc1F)CCN=C2. The van der Waals surface area contributed by atoms with Crippen molar-refractivity contribution in [3.8, 4) is 0 Å². The summed E-state index contributed by atoms with van der Waals surface area (Å²) in [5.41, 5.74) is 0.935. The Hall–Kier alpha value is -1.78. The highest BCUT2D eigenvalue weighted by atomic mass is 19.1. The lowest BCUT2D eigenvalue weighted by molar-refractivity contribution is -0.387. The molecule has 0 spiro atoms. The third-order valence-corrected chi connectivity index (χ3v) is 2.15. The van der Waals surface area contributed by atoms with E-state index in [1.165, 1.54) is 12.1 Å². The minimum atomic E-state index is -0.774. The van der Waals surface area contributed by atoms with E-state index in [4.69, 9.17) is 0 Å². The molecule has 0 atom stereocenters. The van der Waals surface area contributed by atoms with Gasteiger partial charge in [0.2, 0.25) is 5.82 Å². The summed E-state index contributed by atoms with van der Waals surface area (Å²) in [5.74, 6) is -0.774. The van der Waals surface area contributed by atoms with E-state index in [1.807, 2.05) is 0 Å². The molecule has 72 valence electrons. The predicted molar refractivity (Wildman–Crippen MR) is 49.2 cm³/mol. The maximum absolute atomic E-state index is 13.1. The van der Waals surface area contributed by atoms with Crippen LogP contribution in [0.1, 0.15) is 11.1 Å². The zero-order valence-electron chi connectivity index (χ0n) is 7.24. The topological polar surface area (TPSA) is 55.5 Å². The van der Waals surface area contributed by atoms with E-state index in [2.05, 4.69) is 4.99 Å². The molecule has 0 unspecified atom stereocenters. The number of fused-ring (bicyclic) bond motifs is 1. The lowest BCUT2D eigenvalue weighted by atomic mass is 10.0. The Morgan fingerprint density at radius 2 is 2.29 bits per heavy atom. The Morgan fingerprint density at radius 3 is 3.00 bits per heavy atom. The van der Waals surface area contributed by atoms with Gasteiger partial charge < -0.3 is 0 Å². The predicted octanol–water partition coefficient (Wildman–Crippen LogP) is 1.71. The van der Waals surface area contributed by atoms with Crippen molar-refractivity contribution in [2.75, 3.05) is 6.54 Å². The molecule has 0 bridgehead atoms. The lowest BCUT2D eigenvalue weighted by Gasteiger charge is -2.09. The zero-order valence-corrected chi connectivity index (χ0v) is 7.24. The number of hydrogen-bond acceptors (Lipinski definition) is 3. The molecule has 0 amide bonds. The average Bonchev–Trinajstić information content (AvgIpc) is 2.16. The maximum atomic E-state index is 13.1. The Labute approximate surface area is 79.2 Å². The molecular formula is C9H7FN2O2. The summed E-state index contributed by atoms with van der Waals surface area (Å²) in [6.45, 7) is 0.615. The van der Waals surface area contributed by atoms with E-state index in [0.717, 1.165) is 5.56 Å². The number of nitro groups is 1. The van der Waals surface area contributed by atoms with Crippen molar-refractivity contribution < 1.29 is 9.31 Å². The molecule has 0 radical (unpaired) electrons. The van der Waals surface area contributed by atoms with Gasteiger partial charge in [-0.15, -0.1) is 0 Å². The minimum absolute atomic E-state index is 0.489. The van der Waals surface area contributed by atoms with Crippen molar-refractivity contribution in [3.05, 3.63) is 39.2 Å². The molecular weight excluding hydrogens is 187 g/mol. The monoisotopic (exact) mass is 194 g/mol. The van der Waals surface area contributed by atoms with E-state index < -0.39 is 16.4 Å². The van der Waals surface area contributed by atoms with Gasteiger partial charge in [0, 0.05) is 24.4 Å². The molecule has 14 heavy (non-hydrogen) atoms. The Balaban J connectivity index is 2.58. The summed E-state index contributed by atoms with van der Waals surface area (Å²) >= 11 is 0. The molecule has 0 N–H and O–H groups in total. The van der Waals surface area contributed by atoms with E-state index in [9.17, 15) is 14.5 Å². The third kappa shape index (κ3) is 1.37. The van der Waals surface area contributed by atoms with Gasteiger partial charge in [-0.2, -0.15) is 4.39 Å². The number of halogens is 1. The number of nitrogens with zero attached hydrogens (tertiary/aromatic N) is 2. The van der Waals surface area contributed by atoms with Crippen LogP contribution in [0.4, 0.5) is 10.1 Å². The summed E-state index contributed by atoms with van der Waals surface area (Å²) < 4.78 is 13.1. The van der Waals surface area contributed by atoms with Gasteiger partial charge in [-0.05, 0) is 18.1 Å². The molecule has 2 rings (SSSR count). The first-order valence-electron chi connectivity index (χ1n) is 4.15. The van der Waals surface area contributed by atoms with Crippen LogP contribution in [-0.4, -0.2) is 17.7 Å². The smallest absolute Gasteiger partial charge is 0.292 e. The summed E-state index contributed by atoms with van der Waals surface area (Å²) in [7, 11) is 0. The van der Waals surface area contributed by atoms with Crippen LogP contribution < -0.4 is 0 Å². The van der Waals surface area contributed by atoms with Crippen LogP contribution in [0.2, 0.25) is 0 Å². The van der Waals surface area contributed by atoms with Gasteiger partial charge in [-0.3, -0.25) is 15.1 Å². The maximum Gasteiger partial charge on any atom is 0.305 e. The first kappa shape index (κ1) is 8.80. The zero-order chi connectivity index (χ0) is 10.1. The highest BCUT2D eigenvalue weighted by Gasteiger charge is 2.18. The molecule has 0 saturated carbocycles. The number of aliphatic imine (C=N–C) groups is 1. The molecule has 0 aromatic heterocycles.